The molecule has 0 aliphatic heterocycles. The summed E-state index contributed by atoms with van der Waals surface area (Å²) in [5, 5.41) is 8.75. The van der Waals surface area contributed by atoms with E-state index in [-0.39, 0.29) is 6.42 Å². The molecule has 0 unspecified atom stereocenters. The van der Waals surface area contributed by atoms with Gasteiger partial charge >= 0.3 is 5.97 Å². The average molecular weight is 269 g/mol. The van der Waals surface area contributed by atoms with E-state index in [4.69, 9.17) is 10.8 Å². The second-order valence-corrected chi connectivity index (χ2v) is 4.94. The third-order valence-corrected chi connectivity index (χ3v) is 3.43. The number of carboxylic acids is 1. The van der Waals surface area contributed by atoms with Crippen LogP contribution in [0.2, 0.25) is 0 Å². The van der Waals surface area contributed by atoms with Gasteiger partial charge in [0.25, 0.3) is 0 Å². The highest BCUT2D eigenvalue weighted by Gasteiger charge is 2.10. The maximum absolute atomic E-state index is 10.6. The Labute approximate surface area is 119 Å². The van der Waals surface area contributed by atoms with Gasteiger partial charge in [0.2, 0.25) is 0 Å². The summed E-state index contributed by atoms with van der Waals surface area (Å²) in [4.78, 5) is 10.6. The molecule has 2 rings (SSSR count). The predicted molar refractivity (Wildman–Crippen MR) is 81.6 cm³/mol. The summed E-state index contributed by atoms with van der Waals surface area (Å²) in [5.74, 6) is -0.752. The first-order valence-corrected chi connectivity index (χ1v) is 6.74. The number of aryl methyl sites for hydroxylation is 2. The van der Waals surface area contributed by atoms with Crippen molar-refractivity contribution < 1.29 is 9.90 Å². The van der Waals surface area contributed by atoms with Gasteiger partial charge in [-0.3, -0.25) is 4.79 Å². The van der Waals surface area contributed by atoms with Gasteiger partial charge in [0, 0.05) is 17.7 Å². The SMILES string of the molecule is Cc1cccc(N)c1-c1ccccc1CCCC(=O)O. The normalized spacial score (nSPS) is 10.4. The molecule has 0 saturated carbocycles. The van der Waals surface area contributed by atoms with Gasteiger partial charge in [-0.05, 0) is 42.5 Å². The molecule has 0 atom stereocenters. The minimum atomic E-state index is -0.752. The molecule has 104 valence electrons. The molecule has 20 heavy (non-hydrogen) atoms. The van der Waals surface area contributed by atoms with Gasteiger partial charge < -0.3 is 10.8 Å². The standard InChI is InChI=1S/C17H19NO2/c1-12-6-4-10-15(18)17(12)14-9-3-2-7-13(14)8-5-11-16(19)20/h2-4,6-7,9-10H,5,8,11,18H2,1H3,(H,19,20). The Kier molecular flexibility index (Phi) is 4.41. The topological polar surface area (TPSA) is 63.3 Å². The summed E-state index contributed by atoms with van der Waals surface area (Å²) in [5.41, 5.74) is 11.3. The molecule has 0 heterocycles. The highest BCUT2D eigenvalue weighted by molar-refractivity contribution is 5.81. The van der Waals surface area contributed by atoms with E-state index in [0.29, 0.717) is 6.42 Å². The van der Waals surface area contributed by atoms with Crippen molar-refractivity contribution in [3.63, 3.8) is 0 Å². The smallest absolute Gasteiger partial charge is 0.303 e. The maximum Gasteiger partial charge on any atom is 0.303 e. The van der Waals surface area contributed by atoms with Crippen molar-refractivity contribution in [2.75, 3.05) is 5.73 Å². The van der Waals surface area contributed by atoms with Crippen LogP contribution in [0.3, 0.4) is 0 Å². The van der Waals surface area contributed by atoms with Crippen LogP contribution in [0.4, 0.5) is 5.69 Å². The zero-order valence-corrected chi connectivity index (χ0v) is 11.6. The Morgan fingerprint density at radius 2 is 1.90 bits per heavy atom. The molecule has 2 aromatic rings. The molecule has 0 bridgehead atoms. The van der Waals surface area contributed by atoms with Gasteiger partial charge in [0.15, 0.2) is 0 Å². The first-order chi connectivity index (χ1) is 9.59. The molecule has 3 N–H and O–H groups in total. The Bertz CT molecular complexity index is 600. The van der Waals surface area contributed by atoms with E-state index in [2.05, 4.69) is 6.07 Å². The highest BCUT2D eigenvalue weighted by atomic mass is 16.4. The van der Waals surface area contributed by atoms with Crippen LogP contribution in [0.1, 0.15) is 24.0 Å². The van der Waals surface area contributed by atoms with E-state index in [1.54, 1.807) is 0 Å². The number of aliphatic carboxylic acids is 1. The number of carbonyl (C=O) groups is 1. The van der Waals surface area contributed by atoms with E-state index < -0.39 is 5.97 Å². The molecule has 0 radical (unpaired) electrons. The molecule has 0 saturated heterocycles. The van der Waals surface area contributed by atoms with Gasteiger partial charge in [-0.15, -0.1) is 0 Å². The summed E-state index contributed by atoms with van der Waals surface area (Å²) in [6.45, 7) is 2.04. The number of nitrogens with two attached hydrogens (primary N) is 1. The molecule has 2 aromatic carbocycles. The Morgan fingerprint density at radius 3 is 2.60 bits per heavy atom. The molecule has 0 fully saturated rings. The van der Waals surface area contributed by atoms with Crippen molar-refractivity contribution in [2.24, 2.45) is 0 Å². The van der Waals surface area contributed by atoms with Crippen LogP contribution in [0.5, 0.6) is 0 Å². The third-order valence-electron chi connectivity index (χ3n) is 3.43. The Morgan fingerprint density at radius 1 is 1.15 bits per heavy atom. The number of hydrogen-bond acceptors (Lipinski definition) is 2. The molecule has 3 heteroatoms. The summed E-state index contributed by atoms with van der Waals surface area (Å²) < 4.78 is 0. The molecule has 0 aromatic heterocycles. The monoisotopic (exact) mass is 269 g/mol. The average Bonchev–Trinajstić information content (AvgIpc) is 2.40. The lowest BCUT2D eigenvalue weighted by molar-refractivity contribution is -0.137. The van der Waals surface area contributed by atoms with E-state index >= 15 is 0 Å². The predicted octanol–water partition coefficient (Wildman–Crippen LogP) is 3.65. The van der Waals surface area contributed by atoms with Gasteiger partial charge in [0.05, 0.1) is 0 Å². The zero-order valence-electron chi connectivity index (χ0n) is 11.6. The van der Waals surface area contributed by atoms with E-state index in [1.807, 2.05) is 43.3 Å². The number of rotatable bonds is 5. The van der Waals surface area contributed by atoms with Crippen LogP contribution in [0, 0.1) is 6.92 Å². The summed E-state index contributed by atoms with van der Waals surface area (Å²) >= 11 is 0. The van der Waals surface area contributed by atoms with E-state index in [1.165, 1.54) is 0 Å². The van der Waals surface area contributed by atoms with Gasteiger partial charge in [-0.25, -0.2) is 0 Å². The van der Waals surface area contributed by atoms with E-state index in [0.717, 1.165) is 34.4 Å². The first kappa shape index (κ1) is 14.1. The summed E-state index contributed by atoms with van der Waals surface area (Å²) in [7, 11) is 0. The fourth-order valence-corrected chi connectivity index (χ4v) is 2.47. The van der Waals surface area contributed by atoms with Crippen molar-refractivity contribution in [1.82, 2.24) is 0 Å². The van der Waals surface area contributed by atoms with E-state index in [9.17, 15) is 4.79 Å². The number of hydrogen-bond donors (Lipinski definition) is 2. The number of carboxylic acid groups (broad SMARTS) is 1. The van der Waals surface area contributed by atoms with Crippen LogP contribution < -0.4 is 5.73 Å². The molecule has 0 amide bonds. The van der Waals surface area contributed by atoms with Crippen molar-refractivity contribution in [3.8, 4) is 11.1 Å². The zero-order chi connectivity index (χ0) is 14.5. The number of nitrogen functional groups attached to an aromatic ring is 1. The van der Waals surface area contributed by atoms with Crippen LogP contribution in [0.25, 0.3) is 11.1 Å². The van der Waals surface area contributed by atoms with Gasteiger partial charge in [0.1, 0.15) is 0 Å². The number of benzene rings is 2. The molecule has 0 aliphatic carbocycles. The largest absolute Gasteiger partial charge is 0.481 e. The second-order valence-electron chi connectivity index (χ2n) is 4.94. The van der Waals surface area contributed by atoms with Crippen molar-refractivity contribution in [1.29, 1.82) is 0 Å². The minimum absolute atomic E-state index is 0.192. The fourth-order valence-electron chi connectivity index (χ4n) is 2.47. The van der Waals surface area contributed by atoms with Crippen LogP contribution in [0.15, 0.2) is 42.5 Å². The lowest BCUT2D eigenvalue weighted by Gasteiger charge is -2.14. The van der Waals surface area contributed by atoms with Crippen LogP contribution in [-0.4, -0.2) is 11.1 Å². The molecular formula is C17H19NO2. The molecule has 3 nitrogen and oxygen atoms in total. The Hall–Kier alpha value is -2.29. The maximum atomic E-state index is 10.6. The lowest BCUT2D eigenvalue weighted by Crippen LogP contribution is -1.99. The quantitative estimate of drug-likeness (QED) is 0.814. The first-order valence-electron chi connectivity index (χ1n) is 6.74. The van der Waals surface area contributed by atoms with Crippen molar-refractivity contribution in [2.45, 2.75) is 26.2 Å². The minimum Gasteiger partial charge on any atom is -0.481 e. The van der Waals surface area contributed by atoms with Gasteiger partial charge in [-0.2, -0.15) is 0 Å². The summed E-state index contributed by atoms with van der Waals surface area (Å²) in [6, 6.07) is 13.9. The molecule has 0 spiro atoms. The molecular weight excluding hydrogens is 250 g/mol. The lowest BCUT2D eigenvalue weighted by atomic mass is 9.92. The van der Waals surface area contributed by atoms with Gasteiger partial charge in [-0.1, -0.05) is 36.4 Å². The molecule has 0 aliphatic rings. The fraction of sp³-hybridized carbons (Fsp3) is 0.235. The second kappa shape index (κ2) is 6.24. The third kappa shape index (κ3) is 3.18. The van der Waals surface area contributed by atoms with Crippen molar-refractivity contribution in [3.05, 3.63) is 53.6 Å². The highest BCUT2D eigenvalue weighted by Crippen LogP contribution is 2.32. The van der Waals surface area contributed by atoms with Crippen LogP contribution >= 0.6 is 0 Å². The van der Waals surface area contributed by atoms with Crippen molar-refractivity contribution >= 4 is 11.7 Å². The Balaban J connectivity index is 2.35. The van der Waals surface area contributed by atoms with Crippen LogP contribution in [-0.2, 0) is 11.2 Å². The number of anilines is 1. The summed E-state index contributed by atoms with van der Waals surface area (Å²) in [6.07, 6.45) is 1.58.